The van der Waals surface area contributed by atoms with E-state index in [4.69, 9.17) is 16.3 Å². The number of imide groups is 1. The smallest absolute Gasteiger partial charge is 0.293 e. The molecule has 0 spiro atoms. The fourth-order valence-corrected chi connectivity index (χ4v) is 3.80. The van der Waals surface area contributed by atoms with Crippen LogP contribution in [-0.4, -0.2) is 22.7 Å². The zero-order chi connectivity index (χ0) is 19.4. The van der Waals surface area contributed by atoms with E-state index in [9.17, 15) is 9.59 Å². The summed E-state index contributed by atoms with van der Waals surface area (Å²) >= 11 is 10.2. The Balaban J connectivity index is 1.85. The molecule has 0 aliphatic carbocycles. The second-order valence-corrected chi connectivity index (χ2v) is 8.02. The van der Waals surface area contributed by atoms with E-state index in [1.165, 1.54) is 4.90 Å². The van der Waals surface area contributed by atoms with Crippen LogP contribution < -0.4 is 4.74 Å². The minimum absolute atomic E-state index is 0.206. The van der Waals surface area contributed by atoms with Crippen LogP contribution in [0.25, 0.3) is 6.08 Å². The summed E-state index contributed by atoms with van der Waals surface area (Å²) in [4.78, 5) is 26.6. The summed E-state index contributed by atoms with van der Waals surface area (Å²) in [5.41, 5.74) is 1.55. The molecule has 0 radical (unpaired) electrons. The summed E-state index contributed by atoms with van der Waals surface area (Å²) in [7, 11) is 0. The van der Waals surface area contributed by atoms with Gasteiger partial charge in [0.15, 0.2) is 0 Å². The number of hydrogen-bond donors (Lipinski definition) is 0. The van der Waals surface area contributed by atoms with Gasteiger partial charge in [0.2, 0.25) is 0 Å². The van der Waals surface area contributed by atoms with Crippen LogP contribution in [0.15, 0.2) is 64.5 Å². The zero-order valence-electron chi connectivity index (χ0n) is 14.2. The summed E-state index contributed by atoms with van der Waals surface area (Å²) in [5.74, 6) is 0.289. The first-order valence-electron chi connectivity index (χ1n) is 8.01. The van der Waals surface area contributed by atoms with E-state index < -0.39 is 0 Å². The maximum atomic E-state index is 12.7. The third kappa shape index (κ3) is 4.83. The van der Waals surface area contributed by atoms with Crippen LogP contribution in [0.3, 0.4) is 0 Å². The molecular weight excluding hydrogens is 450 g/mol. The molecule has 138 valence electrons. The molecule has 27 heavy (non-hydrogen) atoms. The van der Waals surface area contributed by atoms with Gasteiger partial charge in [0.25, 0.3) is 11.1 Å². The molecule has 1 aliphatic heterocycles. The van der Waals surface area contributed by atoms with Crippen molar-refractivity contribution in [3.63, 3.8) is 0 Å². The predicted molar refractivity (Wildman–Crippen MR) is 113 cm³/mol. The Morgan fingerprint density at radius 1 is 1.19 bits per heavy atom. The lowest BCUT2D eigenvalue weighted by Gasteiger charge is -2.12. The Morgan fingerprint density at radius 2 is 1.93 bits per heavy atom. The van der Waals surface area contributed by atoms with Crippen molar-refractivity contribution in [2.24, 2.45) is 0 Å². The molecule has 1 aliphatic rings. The highest BCUT2D eigenvalue weighted by Crippen LogP contribution is 2.35. The van der Waals surface area contributed by atoms with Gasteiger partial charge in [-0.25, -0.2) is 0 Å². The van der Waals surface area contributed by atoms with Gasteiger partial charge in [-0.15, -0.1) is 0 Å². The molecule has 0 unspecified atom stereocenters. The third-order valence-electron chi connectivity index (χ3n) is 3.74. The number of halogens is 2. The molecule has 4 nitrogen and oxygen atoms in total. The van der Waals surface area contributed by atoms with E-state index in [1.54, 1.807) is 42.5 Å². The third-order valence-corrected chi connectivity index (χ3v) is 5.40. The molecule has 7 heteroatoms. The lowest BCUT2D eigenvalue weighted by Crippen LogP contribution is -2.27. The average Bonchev–Trinajstić information content (AvgIpc) is 2.90. The Morgan fingerprint density at radius 3 is 2.63 bits per heavy atom. The first-order valence-corrected chi connectivity index (χ1v) is 9.99. The maximum absolute atomic E-state index is 12.7. The minimum atomic E-state index is -0.324. The number of hydrogen-bond acceptors (Lipinski definition) is 4. The van der Waals surface area contributed by atoms with Gasteiger partial charge in [-0.05, 0) is 53.7 Å². The van der Waals surface area contributed by atoms with Gasteiger partial charge in [-0.1, -0.05) is 52.3 Å². The van der Waals surface area contributed by atoms with Crippen molar-refractivity contribution >= 4 is 56.5 Å². The minimum Gasteiger partial charge on any atom is -0.489 e. The van der Waals surface area contributed by atoms with Crippen molar-refractivity contribution in [2.75, 3.05) is 6.61 Å². The number of nitrogens with zero attached hydrogens (tertiary/aromatic N) is 1. The van der Waals surface area contributed by atoms with Crippen molar-refractivity contribution in [2.45, 2.75) is 6.54 Å². The molecule has 2 amide bonds. The number of carbonyl (C=O) groups excluding carboxylic acids is 2. The van der Waals surface area contributed by atoms with Crippen molar-refractivity contribution in [3.8, 4) is 5.75 Å². The Hall–Kier alpha value is -2.02. The van der Waals surface area contributed by atoms with Crippen molar-refractivity contribution in [3.05, 3.63) is 80.6 Å². The molecule has 0 bridgehead atoms. The molecule has 2 aromatic rings. The van der Waals surface area contributed by atoms with Gasteiger partial charge in [0, 0.05) is 15.1 Å². The molecule has 1 fully saturated rings. The summed E-state index contributed by atoms with van der Waals surface area (Å²) in [5, 5.41) is 0.305. The average molecular weight is 465 g/mol. The second-order valence-electron chi connectivity index (χ2n) is 5.68. The molecule has 2 aromatic carbocycles. The van der Waals surface area contributed by atoms with Crippen LogP contribution in [0.2, 0.25) is 5.02 Å². The molecule has 1 saturated heterocycles. The van der Waals surface area contributed by atoms with Gasteiger partial charge >= 0.3 is 0 Å². The molecular formula is C20H15BrClNO3S. The number of ether oxygens (including phenoxy) is 1. The Bertz CT molecular complexity index is 927. The van der Waals surface area contributed by atoms with E-state index in [0.717, 1.165) is 21.8 Å². The highest BCUT2D eigenvalue weighted by Gasteiger charge is 2.35. The lowest BCUT2D eigenvalue weighted by atomic mass is 10.1. The number of amides is 2. The number of carbonyl (C=O) groups is 2. The topological polar surface area (TPSA) is 46.6 Å². The van der Waals surface area contributed by atoms with Crippen LogP contribution >= 0.6 is 39.3 Å². The second kappa shape index (κ2) is 8.78. The molecule has 0 saturated carbocycles. The molecule has 3 rings (SSSR count). The van der Waals surface area contributed by atoms with E-state index in [2.05, 4.69) is 22.5 Å². The van der Waals surface area contributed by atoms with Crippen LogP contribution in [0.1, 0.15) is 11.1 Å². The molecule has 0 N–H and O–H groups in total. The van der Waals surface area contributed by atoms with Crippen molar-refractivity contribution in [1.82, 2.24) is 4.90 Å². The SMILES string of the molecule is C=CCOc1ccc(Br)cc1/C=C1/SC(=O)N(Cc2ccc(Cl)cc2)C1=O. The largest absolute Gasteiger partial charge is 0.489 e. The van der Waals surface area contributed by atoms with Gasteiger partial charge in [0.1, 0.15) is 12.4 Å². The standard InChI is InChI=1S/C20H15BrClNO3S/c1-2-9-26-17-8-5-15(21)10-14(17)11-18-19(24)23(20(25)27-18)12-13-3-6-16(22)7-4-13/h2-8,10-11H,1,9,12H2/b18-11+. The van der Waals surface area contributed by atoms with Gasteiger partial charge in [-0.3, -0.25) is 14.5 Å². The fourth-order valence-electron chi connectivity index (χ4n) is 2.46. The first-order chi connectivity index (χ1) is 13.0. The lowest BCUT2D eigenvalue weighted by molar-refractivity contribution is -0.123. The van der Waals surface area contributed by atoms with Crippen LogP contribution in [0, 0.1) is 0 Å². The number of benzene rings is 2. The van der Waals surface area contributed by atoms with Gasteiger partial charge in [0.05, 0.1) is 11.4 Å². The maximum Gasteiger partial charge on any atom is 0.293 e. The monoisotopic (exact) mass is 463 g/mol. The summed E-state index contributed by atoms with van der Waals surface area (Å²) < 4.78 is 6.48. The predicted octanol–water partition coefficient (Wildman–Crippen LogP) is 5.90. The number of rotatable bonds is 6. The van der Waals surface area contributed by atoms with E-state index in [0.29, 0.717) is 27.8 Å². The summed E-state index contributed by atoms with van der Waals surface area (Å²) in [6.45, 7) is 4.19. The van der Waals surface area contributed by atoms with E-state index in [1.807, 2.05) is 12.1 Å². The molecule has 0 atom stereocenters. The molecule has 1 heterocycles. The van der Waals surface area contributed by atoms with Crippen LogP contribution in [0.5, 0.6) is 5.75 Å². The normalized spacial score (nSPS) is 15.5. The molecule has 0 aromatic heterocycles. The summed E-state index contributed by atoms with van der Waals surface area (Å²) in [6, 6.07) is 12.5. The Kier molecular flexibility index (Phi) is 6.42. The van der Waals surface area contributed by atoms with E-state index >= 15 is 0 Å². The Labute approximate surface area is 175 Å². The number of thioether (sulfide) groups is 1. The first kappa shape index (κ1) is 19.7. The van der Waals surface area contributed by atoms with Crippen molar-refractivity contribution < 1.29 is 14.3 Å². The van der Waals surface area contributed by atoms with Crippen LogP contribution in [-0.2, 0) is 11.3 Å². The quantitative estimate of drug-likeness (QED) is 0.394. The van der Waals surface area contributed by atoms with Gasteiger partial charge < -0.3 is 4.74 Å². The highest BCUT2D eigenvalue weighted by molar-refractivity contribution is 9.10. The van der Waals surface area contributed by atoms with E-state index in [-0.39, 0.29) is 17.7 Å². The van der Waals surface area contributed by atoms with Crippen molar-refractivity contribution in [1.29, 1.82) is 0 Å². The highest BCUT2D eigenvalue weighted by atomic mass is 79.9. The zero-order valence-corrected chi connectivity index (χ0v) is 17.3. The fraction of sp³-hybridized carbons (Fsp3) is 0.100. The van der Waals surface area contributed by atoms with Gasteiger partial charge in [-0.2, -0.15) is 0 Å². The summed E-state index contributed by atoms with van der Waals surface area (Å²) in [6.07, 6.45) is 3.32. The van der Waals surface area contributed by atoms with Crippen LogP contribution in [0.4, 0.5) is 4.79 Å².